The Hall–Kier alpha value is -0.570. The summed E-state index contributed by atoms with van der Waals surface area (Å²) in [6.07, 6.45) is 4.75. The number of hydrogen-bond donors (Lipinski definition) is 1. The van der Waals surface area contributed by atoms with Crippen LogP contribution in [0.2, 0.25) is 5.02 Å². The second-order valence-corrected chi connectivity index (χ2v) is 5.97. The Morgan fingerprint density at radius 2 is 1.89 bits per heavy atom. The van der Waals surface area contributed by atoms with Crippen molar-refractivity contribution < 1.29 is 0 Å². The second-order valence-electron chi connectivity index (χ2n) is 5.54. The lowest BCUT2D eigenvalue weighted by Crippen LogP contribution is -2.53. The lowest BCUT2D eigenvalue weighted by molar-refractivity contribution is 0.0767. The predicted octanol–water partition coefficient (Wildman–Crippen LogP) is 3.99. The van der Waals surface area contributed by atoms with E-state index in [1.807, 2.05) is 18.2 Å². The van der Waals surface area contributed by atoms with Crippen molar-refractivity contribution in [2.24, 2.45) is 5.73 Å². The first kappa shape index (κ1) is 14.8. The van der Waals surface area contributed by atoms with Crippen molar-refractivity contribution >= 4 is 11.6 Å². The summed E-state index contributed by atoms with van der Waals surface area (Å²) in [6.45, 7) is 6.87. The average Bonchev–Trinajstić information content (AvgIpc) is 2.95. The quantitative estimate of drug-likeness (QED) is 0.883. The summed E-state index contributed by atoms with van der Waals surface area (Å²) in [7, 11) is 0. The number of hydrogen-bond acceptors (Lipinski definition) is 2. The van der Waals surface area contributed by atoms with Gasteiger partial charge in [0.05, 0.1) is 0 Å². The van der Waals surface area contributed by atoms with E-state index in [-0.39, 0.29) is 11.6 Å². The molecule has 19 heavy (non-hydrogen) atoms. The van der Waals surface area contributed by atoms with Crippen molar-refractivity contribution in [3.8, 4) is 0 Å². The highest BCUT2D eigenvalue weighted by Gasteiger charge is 2.40. The smallest absolute Gasteiger partial charge is 0.0482 e. The highest BCUT2D eigenvalue weighted by atomic mass is 35.5. The van der Waals surface area contributed by atoms with Crippen molar-refractivity contribution in [1.82, 2.24) is 4.90 Å². The van der Waals surface area contributed by atoms with Crippen molar-refractivity contribution in [3.63, 3.8) is 0 Å². The normalized spacial score (nSPS) is 18.7. The van der Waals surface area contributed by atoms with Crippen molar-refractivity contribution in [3.05, 3.63) is 34.9 Å². The molecule has 0 aliphatic carbocycles. The van der Waals surface area contributed by atoms with Gasteiger partial charge in [0.1, 0.15) is 0 Å². The summed E-state index contributed by atoms with van der Waals surface area (Å²) in [5.74, 6) is 0. The van der Waals surface area contributed by atoms with Crippen LogP contribution in [0.25, 0.3) is 0 Å². The summed E-state index contributed by atoms with van der Waals surface area (Å²) < 4.78 is 0. The van der Waals surface area contributed by atoms with Crippen LogP contribution in [0.4, 0.5) is 0 Å². The molecule has 1 atom stereocenters. The summed E-state index contributed by atoms with van der Waals surface area (Å²) >= 11 is 6.12. The molecule has 0 bridgehead atoms. The Kier molecular flexibility index (Phi) is 4.88. The lowest BCUT2D eigenvalue weighted by Gasteiger charge is -2.45. The number of likely N-dealkylation sites (tertiary alicyclic amines) is 1. The Bertz CT molecular complexity index is 409. The zero-order valence-corrected chi connectivity index (χ0v) is 12.8. The lowest BCUT2D eigenvalue weighted by atomic mass is 9.80. The van der Waals surface area contributed by atoms with Gasteiger partial charge < -0.3 is 5.73 Å². The van der Waals surface area contributed by atoms with E-state index in [0.29, 0.717) is 0 Å². The van der Waals surface area contributed by atoms with Crippen LogP contribution in [0.1, 0.15) is 51.1 Å². The number of benzene rings is 1. The van der Waals surface area contributed by atoms with Gasteiger partial charge in [-0.15, -0.1) is 0 Å². The van der Waals surface area contributed by atoms with Crippen LogP contribution in [0, 0.1) is 0 Å². The summed E-state index contributed by atoms with van der Waals surface area (Å²) in [5, 5.41) is 0.774. The first-order chi connectivity index (χ1) is 9.14. The fourth-order valence-corrected chi connectivity index (χ4v) is 3.71. The third-order valence-corrected chi connectivity index (χ3v) is 4.98. The number of nitrogens with zero attached hydrogens (tertiary/aromatic N) is 1. The first-order valence-corrected chi connectivity index (χ1v) is 7.78. The molecule has 0 spiro atoms. The maximum atomic E-state index is 6.64. The molecule has 2 rings (SSSR count). The van der Waals surface area contributed by atoms with Crippen LogP contribution < -0.4 is 5.73 Å². The van der Waals surface area contributed by atoms with Gasteiger partial charge in [-0.1, -0.05) is 37.6 Å². The molecule has 1 heterocycles. The van der Waals surface area contributed by atoms with Gasteiger partial charge in [-0.2, -0.15) is 0 Å². The fraction of sp³-hybridized carbons (Fsp3) is 0.625. The van der Waals surface area contributed by atoms with Crippen molar-refractivity contribution in [2.75, 3.05) is 13.1 Å². The number of nitrogens with two attached hydrogens (primary N) is 1. The Balaban J connectivity index is 2.32. The molecule has 1 aromatic carbocycles. The fourth-order valence-electron chi connectivity index (χ4n) is 3.51. The van der Waals surface area contributed by atoms with Gasteiger partial charge in [0.2, 0.25) is 0 Å². The second kappa shape index (κ2) is 6.25. The molecule has 1 fully saturated rings. The van der Waals surface area contributed by atoms with E-state index >= 15 is 0 Å². The Labute approximate surface area is 121 Å². The minimum atomic E-state index is 0.0271. The van der Waals surface area contributed by atoms with Crippen LogP contribution in [0.3, 0.4) is 0 Å². The molecule has 1 unspecified atom stereocenters. The molecule has 0 saturated carbocycles. The molecule has 1 aromatic rings. The highest BCUT2D eigenvalue weighted by molar-refractivity contribution is 6.30. The topological polar surface area (TPSA) is 29.3 Å². The molecule has 1 aliphatic heterocycles. The van der Waals surface area contributed by atoms with Gasteiger partial charge >= 0.3 is 0 Å². The third kappa shape index (κ3) is 2.81. The first-order valence-electron chi connectivity index (χ1n) is 7.40. The minimum absolute atomic E-state index is 0.0271. The van der Waals surface area contributed by atoms with Crippen molar-refractivity contribution in [1.29, 1.82) is 0 Å². The molecule has 0 radical (unpaired) electrons. The number of halogens is 1. The van der Waals surface area contributed by atoms with Gasteiger partial charge in [-0.25, -0.2) is 0 Å². The molecule has 106 valence electrons. The van der Waals surface area contributed by atoms with E-state index in [1.54, 1.807) is 0 Å². The van der Waals surface area contributed by atoms with Crippen LogP contribution in [-0.4, -0.2) is 23.5 Å². The summed E-state index contributed by atoms with van der Waals surface area (Å²) in [5.41, 5.74) is 7.87. The van der Waals surface area contributed by atoms with Crippen LogP contribution in [-0.2, 0) is 0 Å². The van der Waals surface area contributed by atoms with E-state index in [0.717, 1.165) is 23.4 Å². The van der Waals surface area contributed by atoms with E-state index in [2.05, 4.69) is 24.8 Å². The molecule has 0 amide bonds. The standard InChI is InChI=1S/C16H25ClN2/c1-3-16(4-2,19-10-5-6-11-19)15(18)13-8-7-9-14(17)12-13/h7-9,12,15H,3-6,10-11,18H2,1-2H3. The molecule has 1 saturated heterocycles. The Morgan fingerprint density at radius 1 is 1.26 bits per heavy atom. The Morgan fingerprint density at radius 3 is 2.42 bits per heavy atom. The van der Waals surface area contributed by atoms with Crippen molar-refractivity contribution in [2.45, 2.75) is 51.1 Å². The maximum absolute atomic E-state index is 6.64. The van der Waals surface area contributed by atoms with Crippen LogP contribution >= 0.6 is 11.6 Å². The summed E-state index contributed by atoms with van der Waals surface area (Å²) in [6, 6.07) is 8.05. The molecule has 2 N–H and O–H groups in total. The predicted molar refractivity (Wildman–Crippen MR) is 82.5 cm³/mol. The third-order valence-electron chi connectivity index (χ3n) is 4.75. The molecule has 2 nitrogen and oxygen atoms in total. The monoisotopic (exact) mass is 280 g/mol. The number of rotatable bonds is 5. The van der Waals surface area contributed by atoms with E-state index < -0.39 is 0 Å². The average molecular weight is 281 g/mol. The van der Waals surface area contributed by atoms with Gasteiger partial charge in [0, 0.05) is 16.6 Å². The van der Waals surface area contributed by atoms with Gasteiger partial charge in [-0.3, -0.25) is 4.90 Å². The van der Waals surface area contributed by atoms with Crippen LogP contribution in [0.5, 0.6) is 0 Å². The largest absolute Gasteiger partial charge is 0.322 e. The molecule has 3 heteroatoms. The molecule has 0 aromatic heterocycles. The van der Waals surface area contributed by atoms with E-state index in [9.17, 15) is 0 Å². The zero-order valence-electron chi connectivity index (χ0n) is 12.0. The maximum Gasteiger partial charge on any atom is 0.0482 e. The van der Waals surface area contributed by atoms with Gasteiger partial charge in [0.15, 0.2) is 0 Å². The molecule has 1 aliphatic rings. The minimum Gasteiger partial charge on any atom is -0.322 e. The van der Waals surface area contributed by atoms with Gasteiger partial charge in [-0.05, 0) is 56.5 Å². The van der Waals surface area contributed by atoms with E-state index in [1.165, 1.54) is 25.9 Å². The zero-order chi connectivity index (χ0) is 13.9. The molecular weight excluding hydrogens is 256 g/mol. The van der Waals surface area contributed by atoms with Crippen LogP contribution in [0.15, 0.2) is 24.3 Å². The summed E-state index contributed by atoms with van der Waals surface area (Å²) in [4.78, 5) is 2.60. The highest BCUT2D eigenvalue weighted by Crippen LogP contribution is 2.38. The van der Waals surface area contributed by atoms with Gasteiger partial charge in [0.25, 0.3) is 0 Å². The SMILES string of the molecule is CCC(CC)(C(N)c1cccc(Cl)c1)N1CCCC1. The van der Waals surface area contributed by atoms with E-state index in [4.69, 9.17) is 17.3 Å². The molecular formula is C16H25ClN2.